The van der Waals surface area contributed by atoms with Crippen LogP contribution in [-0.4, -0.2) is 54.7 Å². The fourth-order valence-electron chi connectivity index (χ4n) is 4.80. The average molecular weight is 474 g/mol. The largest absolute Gasteiger partial charge is 0.467 e. The van der Waals surface area contributed by atoms with Crippen molar-refractivity contribution in [2.45, 2.75) is 12.3 Å². The van der Waals surface area contributed by atoms with E-state index in [2.05, 4.69) is 20.3 Å². The summed E-state index contributed by atoms with van der Waals surface area (Å²) in [6.07, 6.45) is 4.72. The minimum Gasteiger partial charge on any atom is -0.467 e. The molecule has 1 saturated heterocycles. The van der Waals surface area contributed by atoms with Gasteiger partial charge in [-0.2, -0.15) is 0 Å². The average Bonchev–Trinajstić information content (AvgIpc) is 3.37. The normalized spacial score (nSPS) is 18.1. The van der Waals surface area contributed by atoms with Gasteiger partial charge in [0.05, 0.1) is 31.0 Å². The number of hydrogen-bond donors (Lipinski definition) is 2. The molecule has 1 aliphatic heterocycles. The van der Waals surface area contributed by atoms with Crippen LogP contribution in [0.15, 0.2) is 24.7 Å². The van der Waals surface area contributed by atoms with E-state index < -0.39 is 30.0 Å². The molecule has 2 aromatic heterocycles. The smallest absolute Gasteiger partial charge is 0.316 e. The van der Waals surface area contributed by atoms with Gasteiger partial charge in [-0.05, 0) is 5.56 Å². The third-order valence-electron chi connectivity index (χ3n) is 6.48. The van der Waals surface area contributed by atoms with Crippen LogP contribution in [0.4, 0.5) is 28.9 Å². The number of halogens is 4. The summed E-state index contributed by atoms with van der Waals surface area (Å²) in [6.45, 7) is -0.864. The molecular weight excluding hydrogens is 452 g/mol. The van der Waals surface area contributed by atoms with Crippen molar-refractivity contribution in [2.24, 2.45) is 11.7 Å². The number of nitrogens with one attached hydrogen (secondary N) is 1. The number of pyridine rings is 1. The minimum absolute atomic E-state index is 0.0256. The van der Waals surface area contributed by atoms with E-state index in [1.54, 1.807) is 7.05 Å². The minimum atomic E-state index is -3.05. The van der Waals surface area contributed by atoms with E-state index in [0.717, 1.165) is 6.07 Å². The summed E-state index contributed by atoms with van der Waals surface area (Å²) < 4.78 is 64.3. The molecule has 3 heterocycles. The Morgan fingerprint density at radius 1 is 1.18 bits per heavy atom. The number of rotatable bonds is 5. The molecule has 11 heteroatoms. The fourth-order valence-corrected chi connectivity index (χ4v) is 4.80. The number of aromatic nitrogens is 3. The Balaban J connectivity index is 1.78. The van der Waals surface area contributed by atoms with Crippen molar-refractivity contribution >= 4 is 11.4 Å². The van der Waals surface area contributed by atoms with E-state index >= 15 is 4.39 Å². The topological polar surface area (TPSA) is 89.2 Å². The SMILES string of the molecule is CNc1cc(F)c(F)c2c1Cc1ncc(-c3cnc(OC)nc3)c(N3CC(CN)C(F)(F)C3)c1-2. The maximum absolute atomic E-state index is 15.2. The summed E-state index contributed by atoms with van der Waals surface area (Å²) in [7, 11) is 3.03. The lowest BCUT2D eigenvalue weighted by Crippen LogP contribution is -2.32. The van der Waals surface area contributed by atoms with E-state index in [1.165, 1.54) is 30.6 Å². The Hall–Kier alpha value is -3.47. The second kappa shape index (κ2) is 8.08. The molecule has 1 unspecified atom stereocenters. The molecule has 1 atom stereocenters. The van der Waals surface area contributed by atoms with Crippen LogP contribution in [0.25, 0.3) is 22.3 Å². The molecule has 7 nitrogen and oxygen atoms in total. The van der Waals surface area contributed by atoms with Crippen molar-refractivity contribution in [1.82, 2.24) is 15.0 Å². The summed E-state index contributed by atoms with van der Waals surface area (Å²) in [4.78, 5) is 14.2. The highest BCUT2D eigenvalue weighted by Gasteiger charge is 2.49. The summed E-state index contributed by atoms with van der Waals surface area (Å²) >= 11 is 0. The molecule has 3 aromatic rings. The molecule has 1 aromatic carbocycles. The Bertz CT molecular complexity index is 1270. The highest BCUT2D eigenvalue weighted by Crippen LogP contribution is 2.51. The number of ether oxygens (including phenoxy) is 1. The van der Waals surface area contributed by atoms with Crippen LogP contribution in [0.3, 0.4) is 0 Å². The van der Waals surface area contributed by atoms with Crippen LogP contribution in [-0.2, 0) is 6.42 Å². The molecule has 2 aliphatic rings. The van der Waals surface area contributed by atoms with E-state index in [4.69, 9.17) is 10.5 Å². The zero-order chi connectivity index (χ0) is 24.2. The van der Waals surface area contributed by atoms with Gasteiger partial charge >= 0.3 is 6.01 Å². The van der Waals surface area contributed by atoms with Gasteiger partial charge in [-0.25, -0.2) is 27.5 Å². The monoisotopic (exact) mass is 474 g/mol. The van der Waals surface area contributed by atoms with Gasteiger partial charge in [-0.15, -0.1) is 0 Å². The number of hydrogen-bond acceptors (Lipinski definition) is 7. The van der Waals surface area contributed by atoms with Crippen LogP contribution in [0.5, 0.6) is 6.01 Å². The first-order valence-corrected chi connectivity index (χ1v) is 10.7. The maximum atomic E-state index is 15.2. The van der Waals surface area contributed by atoms with Crippen LogP contribution >= 0.6 is 0 Å². The molecule has 0 amide bonds. The molecule has 34 heavy (non-hydrogen) atoms. The van der Waals surface area contributed by atoms with E-state index in [-0.39, 0.29) is 31.1 Å². The van der Waals surface area contributed by atoms with Crippen molar-refractivity contribution < 1.29 is 22.3 Å². The lowest BCUT2D eigenvalue weighted by Gasteiger charge is -2.25. The zero-order valence-electron chi connectivity index (χ0n) is 18.5. The van der Waals surface area contributed by atoms with Gasteiger partial charge in [-0.3, -0.25) is 4.98 Å². The third-order valence-corrected chi connectivity index (χ3v) is 6.48. The molecule has 1 aliphatic carbocycles. The lowest BCUT2D eigenvalue weighted by atomic mass is 9.98. The molecular formula is C23H22F4N6O. The van der Waals surface area contributed by atoms with Crippen molar-refractivity contribution in [3.05, 3.63) is 47.5 Å². The van der Waals surface area contributed by atoms with E-state index in [1.807, 2.05) is 0 Å². The summed E-state index contributed by atoms with van der Waals surface area (Å²) in [5, 5.41) is 2.89. The summed E-state index contributed by atoms with van der Waals surface area (Å²) in [6, 6.07) is 1.22. The molecule has 178 valence electrons. The zero-order valence-corrected chi connectivity index (χ0v) is 18.5. The molecule has 0 saturated carbocycles. The van der Waals surface area contributed by atoms with Crippen molar-refractivity contribution in [3.8, 4) is 28.3 Å². The van der Waals surface area contributed by atoms with Gasteiger partial charge in [0.2, 0.25) is 0 Å². The standard InChI is InChI=1S/C23H22F4N6O/c1-29-16-4-15(24)20(25)18-13(16)3-17-19(18)21(33-9-12(5-28)23(26,27)10-33)14(8-30-17)11-6-31-22(34-2)32-7-11/h4,6-8,12,29H,3,5,9-10,28H2,1-2H3. The first-order chi connectivity index (χ1) is 16.3. The maximum Gasteiger partial charge on any atom is 0.316 e. The number of nitrogens with two attached hydrogens (primary N) is 1. The predicted molar refractivity (Wildman–Crippen MR) is 119 cm³/mol. The quantitative estimate of drug-likeness (QED) is 0.428. The van der Waals surface area contributed by atoms with Crippen molar-refractivity contribution in [2.75, 3.05) is 44.0 Å². The number of alkyl halides is 2. The van der Waals surface area contributed by atoms with Crippen LogP contribution in [0, 0.1) is 17.6 Å². The molecule has 0 radical (unpaired) electrons. The third kappa shape index (κ3) is 3.33. The highest BCUT2D eigenvalue weighted by atomic mass is 19.3. The van der Waals surface area contributed by atoms with Crippen LogP contribution < -0.4 is 20.7 Å². The summed E-state index contributed by atoms with van der Waals surface area (Å²) in [5.74, 6) is -6.20. The lowest BCUT2D eigenvalue weighted by molar-refractivity contribution is -0.0170. The van der Waals surface area contributed by atoms with Gasteiger partial charge < -0.3 is 20.7 Å². The van der Waals surface area contributed by atoms with E-state index in [0.29, 0.717) is 39.3 Å². The van der Waals surface area contributed by atoms with Crippen LogP contribution in [0.2, 0.25) is 0 Å². The van der Waals surface area contributed by atoms with Gasteiger partial charge in [0.25, 0.3) is 5.92 Å². The van der Waals surface area contributed by atoms with Gasteiger partial charge in [0.15, 0.2) is 11.6 Å². The van der Waals surface area contributed by atoms with Crippen molar-refractivity contribution in [1.29, 1.82) is 0 Å². The van der Waals surface area contributed by atoms with Crippen molar-refractivity contribution in [3.63, 3.8) is 0 Å². The molecule has 5 rings (SSSR count). The molecule has 0 bridgehead atoms. The highest BCUT2D eigenvalue weighted by molar-refractivity contribution is 5.96. The van der Waals surface area contributed by atoms with E-state index in [9.17, 15) is 13.2 Å². The number of methoxy groups -OCH3 is 1. The Labute approximate surface area is 193 Å². The van der Waals surface area contributed by atoms with Gasteiger partial charge in [-0.1, -0.05) is 0 Å². The summed E-state index contributed by atoms with van der Waals surface area (Å²) in [5.41, 5.74) is 8.61. The second-order valence-corrected chi connectivity index (χ2v) is 8.38. The number of anilines is 2. The first-order valence-electron chi connectivity index (χ1n) is 10.7. The Kier molecular flexibility index (Phi) is 5.31. The second-order valence-electron chi connectivity index (χ2n) is 8.38. The van der Waals surface area contributed by atoms with Gasteiger partial charge in [0.1, 0.15) is 0 Å². The number of fused-ring (bicyclic) bond motifs is 3. The number of benzene rings is 1. The van der Waals surface area contributed by atoms with Crippen LogP contribution in [0.1, 0.15) is 11.3 Å². The molecule has 1 fully saturated rings. The predicted octanol–water partition coefficient (Wildman–Crippen LogP) is 3.47. The Morgan fingerprint density at radius 2 is 1.91 bits per heavy atom. The number of nitrogens with zero attached hydrogens (tertiary/aromatic N) is 4. The Morgan fingerprint density at radius 3 is 2.53 bits per heavy atom. The molecule has 3 N–H and O–H groups in total. The fraction of sp³-hybridized carbons (Fsp3) is 0.348. The molecule has 0 spiro atoms. The first kappa shape index (κ1) is 22.3. The van der Waals surface area contributed by atoms with Gasteiger partial charge in [0, 0.05) is 79.2 Å².